The van der Waals surface area contributed by atoms with Crippen LogP contribution in [0.15, 0.2) is 30.3 Å². The van der Waals surface area contributed by atoms with Gasteiger partial charge < -0.3 is 5.11 Å². The van der Waals surface area contributed by atoms with E-state index in [0.29, 0.717) is 5.92 Å². The molecule has 0 aliphatic rings. The summed E-state index contributed by atoms with van der Waals surface area (Å²) in [5, 5.41) is 10.2. The molecule has 16 heavy (non-hydrogen) atoms. The second-order valence-electron chi connectivity index (χ2n) is 4.57. The van der Waals surface area contributed by atoms with Crippen molar-refractivity contribution in [1.82, 2.24) is 0 Å². The van der Waals surface area contributed by atoms with E-state index in [0.717, 1.165) is 19.3 Å². The van der Waals surface area contributed by atoms with Gasteiger partial charge in [-0.1, -0.05) is 63.4 Å². The number of aliphatic hydroxyl groups is 1. The second-order valence-corrected chi connectivity index (χ2v) is 4.57. The van der Waals surface area contributed by atoms with Gasteiger partial charge in [0.1, 0.15) is 0 Å². The molecule has 1 N–H and O–H groups in total. The normalized spacial score (nSPS) is 14.7. The monoisotopic (exact) mass is 220 g/mol. The molecule has 0 unspecified atom stereocenters. The molecule has 1 rings (SSSR count). The van der Waals surface area contributed by atoms with E-state index in [2.05, 4.69) is 26.0 Å². The molecule has 0 spiro atoms. The van der Waals surface area contributed by atoms with Crippen molar-refractivity contribution in [3.8, 4) is 0 Å². The van der Waals surface area contributed by atoms with Crippen molar-refractivity contribution < 1.29 is 5.11 Å². The van der Waals surface area contributed by atoms with Crippen molar-refractivity contribution in [2.24, 2.45) is 5.92 Å². The average molecular weight is 220 g/mol. The number of aliphatic hydroxyl groups excluding tert-OH is 1. The van der Waals surface area contributed by atoms with E-state index in [1.807, 2.05) is 18.2 Å². The van der Waals surface area contributed by atoms with Gasteiger partial charge >= 0.3 is 0 Å². The van der Waals surface area contributed by atoms with Crippen molar-refractivity contribution in [3.63, 3.8) is 0 Å². The number of rotatable bonds is 7. The van der Waals surface area contributed by atoms with Gasteiger partial charge in [0.05, 0.1) is 6.10 Å². The minimum atomic E-state index is -0.182. The topological polar surface area (TPSA) is 20.2 Å². The summed E-state index contributed by atoms with van der Waals surface area (Å²) in [5.74, 6) is 0.458. The minimum absolute atomic E-state index is 0.182. The maximum absolute atomic E-state index is 10.2. The maximum Gasteiger partial charge on any atom is 0.0608 e. The summed E-state index contributed by atoms with van der Waals surface area (Å²) in [4.78, 5) is 0. The lowest BCUT2D eigenvalue weighted by Gasteiger charge is -2.21. The highest BCUT2D eigenvalue weighted by Gasteiger charge is 2.16. The molecular formula is C15H24O. The molecule has 1 aromatic rings. The zero-order valence-electron chi connectivity index (χ0n) is 10.5. The highest BCUT2D eigenvalue weighted by Crippen LogP contribution is 2.19. The number of hydrogen-bond donors (Lipinski definition) is 1. The predicted octanol–water partition coefficient (Wildman–Crippen LogP) is 3.81. The van der Waals surface area contributed by atoms with Gasteiger partial charge in [-0.15, -0.1) is 0 Å². The zero-order valence-corrected chi connectivity index (χ0v) is 10.5. The molecule has 0 heterocycles. The Kier molecular flexibility index (Phi) is 6.17. The van der Waals surface area contributed by atoms with Crippen LogP contribution < -0.4 is 0 Å². The van der Waals surface area contributed by atoms with Gasteiger partial charge in [-0.2, -0.15) is 0 Å². The first-order chi connectivity index (χ1) is 7.77. The van der Waals surface area contributed by atoms with Crippen molar-refractivity contribution in [2.45, 2.75) is 52.1 Å². The van der Waals surface area contributed by atoms with Gasteiger partial charge in [-0.05, 0) is 24.3 Å². The predicted molar refractivity (Wildman–Crippen MR) is 69.5 cm³/mol. The molecule has 0 aliphatic carbocycles. The summed E-state index contributed by atoms with van der Waals surface area (Å²) in [7, 11) is 0. The van der Waals surface area contributed by atoms with Gasteiger partial charge in [0.2, 0.25) is 0 Å². The Morgan fingerprint density at radius 3 is 2.38 bits per heavy atom. The molecule has 1 aromatic carbocycles. The van der Waals surface area contributed by atoms with Gasteiger partial charge in [-0.3, -0.25) is 0 Å². The fourth-order valence-corrected chi connectivity index (χ4v) is 2.16. The Morgan fingerprint density at radius 2 is 1.81 bits per heavy atom. The number of hydrogen-bond acceptors (Lipinski definition) is 1. The molecule has 0 bridgehead atoms. The molecule has 90 valence electrons. The van der Waals surface area contributed by atoms with E-state index in [9.17, 15) is 5.11 Å². The molecule has 2 atom stereocenters. The molecule has 0 amide bonds. The molecular weight excluding hydrogens is 196 g/mol. The van der Waals surface area contributed by atoms with Gasteiger partial charge in [0.25, 0.3) is 0 Å². The Balaban J connectivity index is 2.46. The first kappa shape index (κ1) is 13.2. The molecule has 0 saturated heterocycles. The van der Waals surface area contributed by atoms with Crippen molar-refractivity contribution in [1.29, 1.82) is 0 Å². The van der Waals surface area contributed by atoms with Gasteiger partial charge in [0, 0.05) is 0 Å². The first-order valence-corrected chi connectivity index (χ1v) is 6.49. The summed E-state index contributed by atoms with van der Waals surface area (Å²) in [6, 6.07) is 10.3. The fourth-order valence-electron chi connectivity index (χ4n) is 2.16. The third-order valence-electron chi connectivity index (χ3n) is 3.28. The van der Waals surface area contributed by atoms with Crippen LogP contribution in [0, 0.1) is 5.92 Å². The van der Waals surface area contributed by atoms with Crippen molar-refractivity contribution in [3.05, 3.63) is 35.9 Å². The minimum Gasteiger partial charge on any atom is -0.392 e. The SMILES string of the molecule is CCCC[C@H](CC)[C@@H](O)Cc1ccccc1. The Labute approximate surface area is 99.5 Å². The highest BCUT2D eigenvalue weighted by atomic mass is 16.3. The van der Waals surface area contributed by atoms with Crippen LogP contribution in [0.2, 0.25) is 0 Å². The first-order valence-electron chi connectivity index (χ1n) is 6.49. The van der Waals surface area contributed by atoms with E-state index < -0.39 is 0 Å². The van der Waals surface area contributed by atoms with Crippen LogP contribution in [-0.2, 0) is 6.42 Å². The smallest absolute Gasteiger partial charge is 0.0608 e. The molecule has 1 nitrogen and oxygen atoms in total. The molecule has 0 aromatic heterocycles. The van der Waals surface area contributed by atoms with E-state index in [4.69, 9.17) is 0 Å². The van der Waals surface area contributed by atoms with Crippen LogP contribution in [0.25, 0.3) is 0 Å². The Hall–Kier alpha value is -0.820. The van der Waals surface area contributed by atoms with Crippen LogP contribution in [0.5, 0.6) is 0 Å². The molecule has 0 aliphatic heterocycles. The Morgan fingerprint density at radius 1 is 1.12 bits per heavy atom. The molecule has 0 radical (unpaired) electrons. The standard InChI is InChI=1S/C15H24O/c1-3-5-11-14(4-2)15(16)12-13-9-7-6-8-10-13/h6-10,14-16H,3-5,11-12H2,1-2H3/t14-,15-/m0/s1. The summed E-state index contributed by atoms with van der Waals surface area (Å²) in [6.07, 6.45) is 5.29. The number of benzene rings is 1. The largest absolute Gasteiger partial charge is 0.392 e. The second kappa shape index (κ2) is 7.45. The average Bonchev–Trinajstić information content (AvgIpc) is 2.31. The van der Waals surface area contributed by atoms with E-state index in [-0.39, 0.29) is 6.10 Å². The van der Waals surface area contributed by atoms with Gasteiger partial charge in [0.15, 0.2) is 0 Å². The maximum atomic E-state index is 10.2. The Bertz CT molecular complexity index is 268. The molecule has 0 saturated carbocycles. The van der Waals surface area contributed by atoms with E-state index in [1.54, 1.807) is 0 Å². The van der Waals surface area contributed by atoms with Crippen molar-refractivity contribution in [2.75, 3.05) is 0 Å². The molecule has 0 fully saturated rings. The summed E-state index contributed by atoms with van der Waals surface area (Å²) >= 11 is 0. The van der Waals surface area contributed by atoms with Crippen LogP contribution in [0.3, 0.4) is 0 Å². The van der Waals surface area contributed by atoms with Crippen LogP contribution in [0.4, 0.5) is 0 Å². The summed E-state index contributed by atoms with van der Waals surface area (Å²) in [6.45, 7) is 4.38. The third kappa shape index (κ3) is 4.36. The number of unbranched alkanes of at least 4 members (excludes halogenated alkanes) is 1. The summed E-state index contributed by atoms with van der Waals surface area (Å²) in [5.41, 5.74) is 1.24. The lowest BCUT2D eigenvalue weighted by molar-refractivity contribution is 0.0987. The molecule has 1 heteroatoms. The van der Waals surface area contributed by atoms with Crippen LogP contribution >= 0.6 is 0 Å². The fraction of sp³-hybridized carbons (Fsp3) is 0.600. The van der Waals surface area contributed by atoms with E-state index >= 15 is 0 Å². The lowest BCUT2D eigenvalue weighted by Crippen LogP contribution is -2.22. The quantitative estimate of drug-likeness (QED) is 0.741. The highest BCUT2D eigenvalue weighted by molar-refractivity contribution is 5.15. The zero-order chi connectivity index (χ0) is 11.8. The third-order valence-corrected chi connectivity index (χ3v) is 3.28. The van der Waals surface area contributed by atoms with Crippen molar-refractivity contribution >= 4 is 0 Å². The van der Waals surface area contributed by atoms with Crippen LogP contribution in [-0.4, -0.2) is 11.2 Å². The van der Waals surface area contributed by atoms with E-state index in [1.165, 1.54) is 18.4 Å². The lowest BCUT2D eigenvalue weighted by atomic mass is 9.90. The van der Waals surface area contributed by atoms with Crippen LogP contribution in [0.1, 0.15) is 45.1 Å². The summed E-state index contributed by atoms with van der Waals surface area (Å²) < 4.78 is 0. The van der Waals surface area contributed by atoms with Gasteiger partial charge in [-0.25, -0.2) is 0 Å².